The minimum atomic E-state index is -4.02. The number of sulfone groups is 1. The Bertz CT molecular complexity index is 1380. The van der Waals surface area contributed by atoms with E-state index in [0.717, 1.165) is 18.2 Å². The van der Waals surface area contributed by atoms with Gasteiger partial charge in [-0.1, -0.05) is 11.6 Å². The number of hydrogen-bond acceptors (Lipinski definition) is 6. The van der Waals surface area contributed by atoms with E-state index in [-0.39, 0.29) is 58.8 Å². The fourth-order valence-electron chi connectivity index (χ4n) is 5.67. The Morgan fingerprint density at radius 3 is 2.31 bits per heavy atom. The molecule has 2 fully saturated rings. The Kier molecular flexibility index (Phi) is 8.11. The fourth-order valence-corrected chi connectivity index (χ4v) is 8.07. The summed E-state index contributed by atoms with van der Waals surface area (Å²) in [7, 11) is -4.02. The van der Waals surface area contributed by atoms with E-state index < -0.39 is 49.7 Å². The van der Waals surface area contributed by atoms with Gasteiger partial charge in [-0.05, 0) is 81.7 Å². The van der Waals surface area contributed by atoms with Crippen molar-refractivity contribution < 1.29 is 37.0 Å². The van der Waals surface area contributed by atoms with Gasteiger partial charge in [0, 0.05) is 23.9 Å². The van der Waals surface area contributed by atoms with Gasteiger partial charge in [0.25, 0.3) is 5.91 Å². The zero-order valence-corrected chi connectivity index (χ0v) is 23.1. The Morgan fingerprint density at radius 1 is 1.08 bits per heavy atom. The van der Waals surface area contributed by atoms with Crippen LogP contribution in [0.25, 0.3) is 0 Å². The summed E-state index contributed by atoms with van der Waals surface area (Å²) in [5.74, 6) is -4.10. The second-order valence-corrected chi connectivity index (χ2v) is 13.7. The maximum absolute atomic E-state index is 13.7. The summed E-state index contributed by atoms with van der Waals surface area (Å²) in [6, 6.07) is 6.63. The highest BCUT2D eigenvalue weighted by Crippen LogP contribution is 2.52. The molecule has 0 heterocycles. The number of carbonyl (C=O) groups excluding carboxylic acids is 2. The lowest BCUT2D eigenvalue weighted by Gasteiger charge is -2.42. The molecule has 2 saturated carbocycles. The maximum atomic E-state index is 13.7. The predicted octanol–water partition coefficient (Wildman–Crippen LogP) is 3.84. The number of nitrogens with one attached hydrogen (secondary N) is 2. The Morgan fingerprint density at radius 2 is 1.72 bits per heavy atom. The molecule has 4 N–H and O–H groups in total. The van der Waals surface area contributed by atoms with Crippen molar-refractivity contribution in [2.45, 2.75) is 67.3 Å². The highest BCUT2D eigenvalue weighted by Gasteiger charge is 2.55. The smallest absolute Gasteiger partial charge is 0.255 e. The first-order valence-corrected chi connectivity index (χ1v) is 14.5. The molecule has 2 unspecified atom stereocenters. The zero-order valence-electron chi connectivity index (χ0n) is 21.5. The number of amides is 2. The van der Waals surface area contributed by atoms with Crippen LogP contribution >= 0.6 is 11.6 Å². The maximum Gasteiger partial charge on any atom is 0.255 e. The largest absolute Gasteiger partial charge is 0.390 e. The van der Waals surface area contributed by atoms with Crippen LogP contribution in [0.5, 0.6) is 0 Å². The monoisotopic (exact) mass is 584 g/mol. The van der Waals surface area contributed by atoms with E-state index in [4.69, 9.17) is 11.6 Å². The second-order valence-electron chi connectivity index (χ2n) is 11.1. The molecular formula is C27H31ClF2N2O6S. The van der Waals surface area contributed by atoms with Gasteiger partial charge in [-0.2, -0.15) is 0 Å². The lowest BCUT2D eigenvalue weighted by molar-refractivity contribution is -0.128. The molecule has 0 saturated heterocycles. The van der Waals surface area contributed by atoms with Gasteiger partial charge in [0.2, 0.25) is 5.91 Å². The van der Waals surface area contributed by atoms with Gasteiger partial charge in [0.1, 0.15) is 0 Å². The van der Waals surface area contributed by atoms with Crippen molar-refractivity contribution in [3.05, 3.63) is 58.6 Å². The molecule has 2 atom stereocenters. The van der Waals surface area contributed by atoms with Gasteiger partial charge in [-0.3, -0.25) is 9.59 Å². The summed E-state index contributed by atoms with van der Waals surface area (Å²) < 4.78 is 54.1. The Labute approximate surface area is 230 Å². The first kappa shape index (κ1) is 29.4. The van der Waals surface area contributed by atoms with E-state index >= 15 is 0 Å². The average molecular weight is 585 g/mol. The molecule has 2 bridgehead atoms. The normalized spacial score (nSPS) is 24.8. The summed E-state index contributed by atoms with van der Waals surface area (Å²) in [4.78, 5) is 24.7. The molecule has 212 valence electrons. The van der Waals surface area contributed by atoms with Crippen LogP contribution in [0.3, 0.4) is 0 Å². The first-order valence-electron chi connectivity index (χ1n) is 12.6. The Hall–Kier alpha value is -2.60. The second kappa shape index (κ2) is 10.8. The van der Waals surface area contributed by atoms with Crippen LogP contribution in [-0.4, -0.2) is 53.4 Å². The third kappa shape index (κ3) is 6.26. The van der Waals surface area contributed by atoms with Crippen LogP contribution in [0.1, 0.15) is 56.3 Å². The lowest BCUT2D eigenvalue weighted by atomic mass is 9.74. The summed E-state index contributed by atoms with van der Waals surface area (Å²) in [5.41, 5.74) is -2.50. The van der Waals surface area contributed by atoms with Crippen LogP contribution in [-0.2, 0) is 14.6 Å². The third-order valence-electron chi connectivity index (χ3n) is 7.65. The zero-order chi connectivity index (χ0) is 28.8. The molecule has 2 aromatic carbocycles. The van der Waals surface area contributed by atoms with Gasteiger partial charge >= 0.3 is 0 Å². The first-order chi connectivity index (χ1) is 18.1. The predicted molar refractivity (Wildman–Crippen MR) is 141 cm³/mol. The molecule has 2 amide bonds. The number of fused-ring (bicyclic) bond motifs is 2. The molecule has 0 aromatic heterocycles. The highest BCUT2D eigenvalue weighted by atomic mass is 35.5. The molecule has 39 heavy (non-hydrogen) atoms. The van der Waals surface area contributed by atoms with Gasteiger partial charge in [0.05, 0.1) is 32.8 Å². The van der Waals surface area contributed by atoms with Crippen LogP contribution in [0.15, 0.2) is 41.3 Å². The summed E-state index contributed by atoms with van der Waals surface area (Å²) in [6.45, 7) is 2.98. The van der Waals surface area contributed by atoms with E-state index in [9.17, 15) is 37.0 Å². The van der Waals surface area contributed by atoms with Gasteiger partial charge in [0.15, 0.2) is 21.5 Å². The molecule has 0 aliphatic heterocycles. The lowest BCUT2D eigenvalue weighted by Crippen LogP contribution is -2.55. The van der Waals surface area contributed by atoms with Crippen LogP contribution in [0.4, 0.5) is 14.5 Å². The van der Waals surface area contributed by atoms with Crippen molar-refractivity contribution >= 4 is 38.9 Å². The van der Waals surface area contributed by atoms with Crippen molar-refractivity contribution in [2.24, 2.45) is 11.8 Å². The van der Waals surface area contributed by atoms with E-state index in [1.54, 1.807) is 0 Å². The fraction of sp³-hybridized carbons (Fsp3) is 0.481. The Balaban J connectivity index is 1.50. The number of halogens is 3. The molecule has 0 radical (unpaired) electrons. The van der Waals surface area contributed by atoms with Crippen molar-refractivity contribution in [2.75, 3.05) is 11.9 Å². The minimum Gasteiger partial charge on any atom is -0.390 e. The van der Waals surface area contributed by atoms with E-state index in [1.165, 1.54) is 32.0 Å². The van der Waals surface area contributed by atoms with E-state index in [2.05, 4.69) is 10.6 Å². The average Bonchev–Trinajstić information content (AvgIpc) is 3.00. The van der Waals surface area contributed by atoms with Crippen molar-refractivity contribution in [1.29, 1.82) is 0 Å². The number of aliphatic hydroxyl groups is 2. The molecule has 2 aliphatic rings. The molecule has 4 rings (SSSR count). The number of hydrogen-bond donors (Lipinski definition) is 4. The summed E-state index contributed by atoms with van der Waals surface area (Å²) in [6.07, 6.45) is 1.36. The molecule has 8 nitrogen and oxygen atoms in total. The van der Waals surface area contributed by atoms with Crippen LogP contribution < -0.4 is 10.6 Å². The van der Waals surface area contributed by atoms with Gasteiger partial charge in [-0.25, -0.2) is 17.2 Å². The molecule has 0 spiro atoms. The molecule has 2 aromatic rings. The number of carbonyl (C=O) groups is 2. The molecule has 12 heteroatoms. The summed E-state index contributed by atoms with van der Waals surface area (Å²) in [5, 5.41) is 25.4. The third-order valence-corrected chi connectivity index (χ3v) is 10.3. The topological polar surface area (TPSA) is 133 Å². The van der Waals surface area contributed by atoms with Crippen molar-refractivity contribution in [3.63, 3.8) is 0 Å². The van der Waals surface area contributed by atoms with E-state index in [0.29, 0.717) is 12.8 Å². The summed E-state index contributed by atoms with van der Waals surface area (Å²) >= 11 is 6.27. The van der Waals surface area contributed by atoms with Crippen LogP contribution in [0.2, 0.25) is 5.02 Å². The molecular weight excluding hydrogens is 554 g/mol. The highest BCUT2D eigenvalue weighted by molar-refractivity contribution is 7.92. The standard InChI is InChI=1S/C27H31ClF2N2O6S/c1-26(2,35)13-24(33)31-14-27(36)16-4-5-17(27)11-19(10-16)39(37,38)23-9-15(3-7-20(23)28)25(34)32-18-6-8-21(29)22(30)12-18/h3,6-9,12,16-17,19,35-36H,4-5,10-11,13-14H2,1-2H3,(H,31,33)(H,32,34). The van der Waals surface area contributed by atoms with E-state index in [1.807, 2.05) is 0 Å². The SMILES string of the molecule is CC(C)(O)CC(=O)NCC1(O)C2CCC1CC(S(=O)(=O)c1cc(C(=O)Nc3ccc(F)c(F)c3)ccc1Cl)C2. The number of rotatable bonds is 8. The van der Waals surface area contributed by atoms with Crippen LogP contribution in [0, 0.1) is 23.5 Å². The molecule has 2 aliphatic carbocycles. The number of benzene rings is 2. The van der Waals surface area contributed by atoms with Gasteiger partial charge < -0.3 is 20.8 Å². The quantitative estimate of drug-likeness (QED) is 0.373. The minimum absolute atomic E-state index is 0.00367. The van der Waals surface area contributed by atoms with Gasteiger partial charge in [-0.15, -0.1) is 0 Å². The number of anilines is 1. The van der Waals surface area contributed by atoms with Crippen molar-refractivity contribution in [3.8, 4) is 0 Å². The van der Waals surface area contributed by atoms with Crippen molar-refractivity contribution in [1.82, 2.24) is 5.32 Å².